The van der Waals surface area contributed by atoms with Crippen LogP contribution in [0, 0.1) is 28.6 Å². The van der Waals surface area contributed by atoms with Gasteiger partial charge in [-0.05, 0) is 44.4 Å². The summed E-state index contributed by atoms with van der Waals surface area (Å²) in [7, 11) is 1.44. The molecule has 0 radical (unpaired) electrons. The molecule has 4 aliphatic carbocycles. The molecule has 7 nitrogen and oxygen atoms in total. The minimum absolute atomic E-state index is 0.000380. The number of epoxide rings is 2. The molecule has 31 heavy (non-hydrogen) atoms. The fourth-order valence-electron chi connectivity index (χ4n) is 9.63. The van der Waals surface area contributed by atoms with Crippen LogP contribution in [0.2, 0.25) is 0 Å². The molecule has 4 saturated carbocycles. The van der Waals surface area contributed by atoms with E-state index in [1.807, 2.05) is 0 Å². The van der Waals surface area contributed by atoms with Gasteiger partial charge in [0.05, 0.1) is 19.1 Å². The van der Waals surface area contributed by atoms with Crippen LogP contribution in [-0.4, -0.2) is 53.8 Å². The number of methoxy groups -OCH3 is 1. The number of hydrogen-bond acceptors (Lipinski definition) is 7. The number of carbonyl (C=O) groups excluding carboxylic acids is 3. The number of fused-ring (bicyclic) bond motifs is 3. The highest BCUT2D eigenvalue weighted by atomic mass is 16.6. The van der Waals surface area contributed by atoms with Crippen LogP contribution in [0.15, 0.2) is 0 Å². The van der Waals surface area contributed by atoms with Crippen molar-refractivity contribution in [3.05, 3.63) is 0 Å². The normalized spacial score (nSPS) is 60.3. The number of esters is 2. The number of Topliss-reactive ketones (excluding diaryl/α,β-unsaturated/α-hetero) is 1. The lowest BCUT2D eigenvalue weighted by Crippen LogP contribution is -2.68. The van der Waals surface area contributed by atoms with Crippen LogP contribution in [0.25, 0.3) is 0 Å². The molecule has 7 heteroatoms. The van der Waals surface area contributed by atoms with Gasteiger partial charge in [-0.15, -0.1) is 0 Å². The molecule has 3 heterocycles. The Morgan fingerprint density at radius 3 is 2.58 bits per heavy atom. The van der Waals surface area contributed by atoms with Gasteiger partial charge in [0.15, 0.2) is 5.78 Å². The molecule has 0 aromatic heterocycles. The highest BCUT2D eigenvalue weighted by Gasteiger charge is 2.91. The number of hydrogen-bond donors (Lipinski definition) is 0. The third-order valence-corrected chi connectivity index (χ3v) is 11.2. The lowest BCUT2D eigenvalue weighted by atomic mass is 9.41. The first-order chi connectivity index (χ1) is 14.7. The van der Waals surface area contributed by atoms with E-state index in [1.54, 1.807) is 0 Å². The van der Waals surface area contributed by atoms with Crippen LogP contribution in [0.5, 0.6) is 0 Å². The summed E-state index contributed by atoms with van der Waals surface area (Å²) in [5.74, 6) is -0.325. The van der Waals surface area contributed by atoms with Crippen LogP contribution in [0.4, 0.5) is 0 Å². The Morgan fingerprint density at radius 1 is 1.06 bits per heavy atom. The molecule has 7 rings (SSSR count). The summed E-state index contributed by atoms with van der Waals surface area (Å²) in [6, 6.07) is 0. The summed E-state index contributed by atoms with van der Waals surface area (Å²) in [4.78, 5) is 37.9. The fourth-order valence-corrected chi connectivity index (χ4v) is 9.63. The van der Waals surface area contributed by atoms with Crippen molar-refractivity contribution in [2.24, 2.45) is 28.6 Å². The first kappa shape index (κ1) is 19.0. The van der Waals surface area contributed by atoms with E-state index < -0.39 is 22.9 Å². The maximum absolute atomic E-state index is 13.2. The molecular weight excluding hydrogens is 400 g/mol. The molecule has 7 aliphatic rings. The van der Waals surface area contributed by atoms with E-state index in [0.717, 1.165) is 32.1 Å². The summed E-state index contributed by atoms with van der Waals surface area (Å²) in [5.41, 5.74) is -2.00. The zero-order valence-electron chi connectivity index (χ0n) is 18.4. The van der Waals surface area contributed by atoms with Crippen LogP contribution in [0.3, 0.4) is 0 Å². The minimum Gasteiger partial charge on any atom is -0.469 e. The molecule has 0 amide bonds. The highest BCUT2D eigenvalue weighted by molar-refractivity contribution is 5.89. The van der Waals surface area contributed by atoms with Crippen molar-refractivity contribution >= 4 is 17.7 Å². The Labute approximate surface area is 181 Å². The first-order valence-electron chi connectivity index (χ1n) is 11.9. The van der Waals surface area contributed by atoms with Crippen LogP contribution in [-0.2, 0) is 33.3 Å². The molecule has 168 valence electrons. The largest absolute Gasteiger partial charge is 0.469 e. The van der Waals surface area contributed by atoms with Crippen molar-refractivity contribution in [2.75, 3.05) is 7.11 Å². The fraction of sp³-hybridized carbons (Fsp3) is 0.875. The lowest BCUT2D eigenvalue weighted by molar-refractivity contribution is -0.184. The molecule has 5 unspecified atom stereocenters. The molecule has 0 N–H and O–H groups in total. The van der Waals surface area contributed by atoms with Crippen molar-refractivity contribution in [1.29, 1.82) is 0 Å². The number of carbonyl (C=O) groups is 3. The smallest absolute Gasteiger partial charge is 0.309 e. The van der Waals surface area contributed by atoms with E-state index in [1.165, 1.54) is 7.11 Å². The summed E-state index contributed by atoms with van der Waals surface area (Å²) < 4.78 is 24.2. The van der Waals surface area contributed by atoms with Crippen molar-refractivity contribution in [3.63, 3.8) is 0 Å². The minimum atomic E-state index is -0.601. The average Bonchev–Trinajstić information content (AvgIpc) is 3.59. The van der Waals surface area contributed by atoms with Crippen molar-refractivity contribution in [2.45, 2.75) is 94.2 Å². The van der Waals surface area contributed by atoms with E-state index in [4.69, 9.17) is 18.9 Å². The molecule has 3 aliphatic heterocycles. The highest BCUT2D eigenvalue weighted by Crippen LogP contribution is 2.82. The third kappa shape index (κ3) is 1.77. The standard InChI is InChI=1S/C24H30O7/c1-20-11-15-24(29-15)17(13(20)4-8-22(20)9-6-16(26)30-22)12(19(27)28-3)10-23-18(31-23)14(25)5-7-21(23,24)2/h12-13,15,17-18H,4-11H2,1-3H3/t12-,13?,15?,17?,18-,20+,21+,22?,23?,24-/m1/s1. The Balaban J connectivity index is 1.37. The van der Waals surface area contributed by atoms with Crippen LogP contribution < -0.4 is 0 Å². The number of ketones is 1. The Kier molecular flexibility index (Phi) is 3.19. The van der Waals surface area contributed by atoms with Crippen molar-refractivity contribution in [3.8, 4) is 0 Å². The molecule has 0 aromatic rings. The van der Waals surface area contributed by atoms with Crippen molar-refractivity contribution in [1.82, 2.24) is 0 Å². The quantitative estimate of drug-likeness (QED) is 0.465. The maximum Gasteiger partial charge on any atom is 0.309 e. The maximum atomic E-state index is 13.2. The van der Waals surface area contributed by atoms with Gasteiger partial charge in [-0.25, -0.2) is 0 Å². The molecule has 3 saturated heterocycles. The Hall–Kier alpha value is -1.47. The van der Waals surface area contributed by atoms with Crippen LogP contribution in [0.1, 0.15) is 65.2 Å². The average molecular weight is 430 g/mol. The molecule has 0 bridgehead atoms. The molecular formula is C24H30O7. The third-order valence-electron chi connectivity index (χ3n) is 11.2. The van der Waals surface area contributed by atoms with E-state index in [2.05, 4.69) is 13.8 Å². The van der Waals surface area contributed by atoms with Crippen molar-refractivity contribution < 1.29 is 33.3 Å². The Bertz CT molecular complexity index is 946. The second-order valence-electron chi connectivity index (χ2n) is 11.7. The molecule has 3 spiro atoms. The van der Waals surface area contributed by atoms with E-state index in [9.17, 15) is 14.4 Å². The first-order valence-corrected chi connectivity index (χ1v) is 11.9. The van der Waals surface area contributed by atoms with E-state index in [-0.39, 0.29) is 52.4 Å². The zero-order valence-corrected chi connectivity index (χ0v) is 18.4. The van der Waals surface area contributed by atoms with Gasteiger partial charge in [-0.2, -0.15) is 0 Å². The Morgan fingerprint density at radius 2 is 1.87 bits per heavy atom. The van der Waals surface area contributed by atoms with Gasteiger partial charge in [0.1, 0.15) is 22.9 Å². The van der Waals surface area contributed by atoms with Gasteiger partial charge in [-0.1, -0.05) is 13.8 Å². The SMILES string of the molecule is COC(=O)[C@@H]1CC23O[C@@H]2C(=O)CC[C@]3(C)[C@@]23OC2C[C@@]2(C)C(CCC24CCC(=O)O4)C13. The van der Waals surface area contributed by atoms with Gasteiger partial charge in [0.2, 0.25) is 0 Å². The molecule has 10 atom stereocenters. The van der Waals surface area contributed by atoms with Gasteiger partial charge in [0, 0.05) is 29.6 Å². The second kappa shape index (κ2) is 5.19. The number of ether oxygens (including phenoxy) is 4. The van der Waals surface area contributed by atoms with Gasteiger partial charge < -0.3 is 18.9 Å². The predicted molar refractivity (Wildman–Crippen MR) is 105 cm³/mol. The van der Waals surface area contributed by atoms with E-state index in [0.29, 0.717) is 19.3 Å². The second-order valence-corrected chi connectivity index (χ2v) is 11.7. The topological polar surface area (TPSA) is 94.7 Å². The summed E-state index contributed by atoms with van der Waals surface area (Å²) in [5, 5.41) is 0. The van der Waals surface area contributed by atoms with Crippen LogP contribution >= 0.6 is 0 Å². The zero-order chi connectivity index (χ0) is 21.6. The lowest BCUT2D eigenvalue weighted by Gasteiger charge is -2.59. The predicted octanol–water partition coefficient (Wildman–Crippen LogP) is 2.34. The summed E-state index contributed by atoms with van der Waals surface area (Å²) in [6.45, 7) is 4.50. The molecule has 7 fully saturated rings. The van der Waals surface area contributed by atoms with Gasteiger partial charge in [-0.3, -0.25) is 14.4 Å². The number of rotatable bonds is 1. The monoisotopic (exact) mass is 430 g/mol. The summed E-state index contributed by atoms with van der Waals surface area (Å²) in [6.07, 6.45) is 5.22. The van der Waals surface area contributed by atoms with Gasteiger partial charge >= 0.3 is 11.9 Å². The summed E-state index contributed by atoms with van der Waals surface area (Å²) >= 11 is 0. The van der Waals surface area contributed by atoms with Gasteiger partial charge in [0.25, 0.3) is 0 Å². The van der Waals surface area contributed by atoms with E-state index >= 15 is 0 Å². The molecule has 0 aromatic carbocycles.